The van der Waals surface area contributed by atoms with E-state index in [-0.39, 0.29) is 0 Å². The lowest BCUT2D eigenvalue weighted by atomic mass is 10.3. The van der Waals surface area contributed by atoms with E-state index in [4.69, 9.17) is 0 Å². The summed E-state index contributed by atoms with van der Waals surface area (Å²) in [5, 5.41) is 2.42. The quantitative estimate of drug-likeness (QED) is 0.816. The number of rotatable bonds is 6. The molecule has 4 nitrogen and oxygen atoms in total. The molecule has 0 radical (unpaired) electrons. The fraction of sp³-hybridized carbons (Fsp3) is 0.455. The first kappa shape index (κ1) is 13.9. The van der Waals surface area contributed by atoms with Crippen molar-refractivity contribution in [3.05, 3.63) is 30.1 Å². The van der Waals surface area contributed by atoms with Crippen LogP contribution in [-0.4, -0.2) is 26.8 Å². The molecule has 0 fully saturated rings. The van der Waals surface area contributed by atoms with Crippen LogP contribution in [0.15, 0.2) is 24.3 Å². The van der Waals surface area contributed by atoms with Crippen LogP contribution in [0.1, 0.15) is 13.8 Å². The van der Waals surface area contributed by atoms with E-state index in [1.807, 2.05) is 6.92 Å². The smallest absolute Gasteiger partial charge is 0.236 e. The molecule has 0 spiro atoms. The fourth-order valence-electron chi connectivity index (χ4n) is 1.24. The molecule has 0 aromatic heterocycles. The Bertz CT molecular complexity index is 445. The van der Waals surface area contributed by atoms with E-state index in [1.54, 1.807) is 6.92 Å². The lowest BCUT2D eigenvalue weighted by molar-refractivity contribution is 0.579. The number of benzene rings is 1. The third kappa shape index (κ3) is 4.32. The van der Waals surface area contributed by atoms with Gasteiger partial charge in [0.1, 0.15) is 5.82 Å². The van der Waals surface area contributed by atoms with Gasteiger partial charge in [0.2, 0.25) is 10.0 Å². The Morgan fingerprint density at radius 3 is 2.41 bits per heavy atom. The zero-order chi connectivity index (χ0) is 12.9. The van der Waals surface area contributed by atoms with Crippen molar-refractivity contribution in [1.82, 2.24) is 5.32 Å². The minimum absolute atomic E-state index is 0.370. The standard InChI is InChI=1S/C11H17FN2O2S/c1-3-13-8-9(2)17(15,16)14-11-6-4-10(12)5-7-11/h4-7,9,13-14H,3,8H2,1-2H3. The fourth-order valence-corrected chi connectivity index (χ4v) is 2.24. The maximum atomic E-state index is 12.7. The van der Waals surface area contributed by atoms with Crippen LogP contribution >= 0.6 is 0 Å². The van der Waals surface area contributed by atoms with Gasteiger partial charge in [0.15, 0.2) is 0 Å². The summed E-state index contributed by atoms with van der Waals surface area (Å²) in [6.45, 7) is 4.63. The number of anilines is 1. The lowest BCUT2D eigenvalue weighted by Crippen LogP contribution is -2.34. The van der Waals surface area contributed by atoms with Crippen LogP contribution in [-0.2, 0) is 10.0 Å². The van der Waals surface area contributed by atoms with E-state index >= 15 is 0 Å². The van der Waals surface area contributed by atoms with Crippen molar-refractivity contribution in [2.75, 3.05) is 17.8 Å². The molecule has 0 amide bonds. The monoisotopic (exact) mass is 260 g/mol. The molecule has 0 aliphatic heterocycles. The summed E-state index contributed by atoms with van der Waals surface area (Å²) in [6, 6.07) is 5.22. The molecule has 1 atom stereocenters. The van der Waals surface area contributed by atoms with Gasteiger partial charge in [0.05, 0.1) is 5.25 Å². The second-order valence-corrected chi connectivity index (χ2v) is 5.87. The zero-order valence-electron chi connectivity index (χ0n) is 9.90. The van der Waals surface area contributed by atoms with Crippen LogP contribution in [0.3, 0.4) is 0 Å². The van der Waals surface area contributed by atoms with Crippen molar-refractivity contribution >= 4 is 15.7 Å². The molecule has 17 heavy (non-hydrogen) atoms. The average molecular weight is 260 g/mol. The van der Waals surface area contributed by atoms with Crippen molar-refractivity contribution in [3.8, 4) is 0 Å². The summed E-state index contributed by atoms with van der Waals surface area (Å²) in [4.78, 5) is 0. The van der Waals surface area contributed by atoms with Gasteiger partial charge in [0, 0.05) is 12.2 Å². The largest absolute Gasteiger partial charge is 0.316 e. The molecule has 0 aliphatic rings. The number of nitrogens with one attached hydrogen (secondary N) is 2. The number of hydrogen-bond acceptors (Lipinski definition) is 3. The van der Waals surface area contributed by atoms with Crippen LogP contribution in [0.4, 0.5) is 10.1 Å². The number of halogens is 1. The third-order valence-corrected chi connectivity index (χ3v) is 4.06. The Balaban J connectivity index is 2.69. The summed E-state index contributed by atoms with van der Waals surface area (Å²) >= 11 is 0. The molecule has 0 saturated carbocycles. The molecule has 1 aromatic rings. The van der Waals surface area contributed by atoms with Gasteiger partial charge in [-0.25, -0.2) is 12.8 Å². The van der Waals surface area contributed by atoms with Crippen molar-refractivity contribution in [3.63, 3.8) is 0 Å². The number of sulfonamides is 1. The van der Waals surface area contributed by atoms with E-state index in [0.29, 0.717) is 12.2 Å². The van der Waals surface area contributed by atoms with E-state index in [1.165, 1.54) is 24.3 Å². The molecule has 0 aliphatic carbocycles. The Kier molecular flexibility index (Phi) is 4.89. The molecule has 96 valence electrons. The van der Waals surface area contributed by atoms with Gasteiger partial charge in [-0.3, -0.25) is 4.72 Å². The van der Waals surface area contributed by atoms with Gasteiger partial charge in [-0.15, -0.1) is 0 Å². The summed E-state index contributed by atoms with van der Waals surface area (Å²) < 4.78 is 38.8. The van der Waals surface area contributed by atoms with Crippen LogP contribution in [0.5, 0.6) is 0 Å². The first-order valence-corrected chi connectivity index (χ1v) is 6.98. The summed E-state index contributed by atoms with van der Waals surface area (Å²) in [5.41, 5.74) is 0.370. The predicted molar refractivity (Wildman–Crippen MR) is 66.9 cm³/mol. The topological polar surface area (TPSA) is 58.2 Å². The highest BCUT2D eigenvalue weighted by Gasteiger charge is 2.19. The van der Waals surface area contributed by atoms with Gasteiger partial charge in [-0.05, 0) is 37.7 Å². The molecule has 2 N–H and O–H groups in total. The second kappa shape index (κ2) is 5.97. The normalized spacial score (nSPS) is 13.4. The molecule has 0 saturated heterocycles. The van der Waals surface area contributed by atoms with Gasteiger partial charge in [-0.1, -0.05) is 6.92 Å². The predicted octanol–water partition coefficient (Wildman–Crippen LogP) is 1.57. The first-order chi connectivity index (χ1) is 7.95. The zero-order valence-corrected chi connectivity index (χ0v) is 10.7. The van der Waals surface area contributed by atoms with E-state index < -0.39 is 21.1 Å². The maximum Gasteiger partial charge on any atom is 0.236 e. The Labute approximate surface area is 101 Å². The summed E-state index contributed by atoms with van der Waals surface area (Å²) in [5.74, 6) is -0.395. The lowest BCUT2D eigenvalue weighted by Gasteiger charge is -2.14. The van der Waals surface area contributed by atoms with Crippen molar-refractivity contribution < 1.29 is 12.8 Å². The van der Waals surface area contributed by atoms with Crippen molar-refractivity contribution in [2.45, 2.75) is 19.1 Å². The Hall–Kier alpha value is -1.14. The minimum Gasteiger partial charge on any atom is -0.316 e. The Morgan fingerprint density at radius 1 is 1.29 bits per heavy atom. The first-order valence-electron chi connectivity index (χ1n) is 5.43. The van der Waals surface area contributed by atoms with E-state index in [0.717, 1.165) is 6.54 Å². The van der Waals surface area contributed by atoms with Crippen LogP contribution in [0.2, 0.25) is 0 Å². The summed E-state index contributed by atoms with van der Waals surface area (Å²) in [7, 11) is -3.43. The van der Waals surface area contributed by atoms with Crippen molar-refractivity contribution in [2.24, 2.45) is 0 Å². The highest BCUT2D eigenvalue weighted by Crippen LogP contribution is 2.12. The molecule has 0 heterocycles. The highest BCUT2D eigenvalue weighted by molar-refractivity contribution is 7.93. The highest BCUT2D eigenvalue weighted by atomic mass is 32.2. The van der Waals surface area contributed by atoms with E-state index in [9.17, 15) is 12.8 Å². The number of hydrogen-bond donors (Lipinski definition) is 2. The van der Waals surface area contributed by atoms with Gasteiger partial charge in [-0.2, -0.15) is 0 Å². The molecular weight excluding hydrogens is 243 g/mol. The van der Waals surface area contributed by atoms with Crippen LogP contribution < -0.4 is 10.0 Å². The molecule has 1 aromatic carbocycles. The average Bonchev–Trinajstić information content (AvgIpc) is 2.28. The molecule has 1 rings (SSSR count). The molecule has 0 bridgehead atoms. The minimum atomic E-state index is -3.43. The van der Waals surface area contributed by atoms with Gasteiger partial charge in [0.25, 0.3) is 0 Å². The van der Waals surface area contributed by atoms with Crippen LogP contribution in [0.25, 0.3) is 0 Å². The van der Waals surface area contributed by atoms with Crippen molar-refractivity contribution in [1.29, 1.82) is 0 Å². The van der Waals surface area contributed by atoms with Gasteiger partial charge < -0.3 is 5.32 Å². The molecular formula is C11H17FN2O2S. The van der Waals surface area contributed by atoms with Crippen LogP contribution in [0, 0.1) is 5.82 Å². The molecule has 1 unspecified atom stereocenters. The van der Waals surface area contributed by atoms with Gasteiger partial charge >= 0.3 is 0 Å². The second-order valence-electron chi connectivity index (χ2n) is 3.77. The van der Waals surface area contributed by atoms with E-state index in [2.05, 4.69) is 10.0 Å². The third-order valence-electron chi connectivity index (χ3n) is 2.32. The maximum absolute atomic E-state index is 12.7. The SMILES string of the molecule is CCNCC(C)S(=O)(=O)Nc1ccc(F)cc1. The Morgan fingerprint density at radius 2 is 1.88 bits per heavy atom. The molecule has 6 heteroatoms. The summed E-state index contributed by atoms with van der Waals surface area (Å²) in [6.07, 6.45) is 0.